The van der Waals surface area contributed by atoms with Crippen molar-refractivity contribution in [2.75, 3.05) is 18.6 Å². The molecule has 158 valence electrons. The minimum Gasteiger partial charge on any atom is -0.457 e. The van der Waals surface area contributed by atoms with E-state index in [1.165, 1.54) is 0 Å². The Morgan fingerprint density at radius 1 is 1.10 bits per heavy atom. The number of aromatic nitrogens is 2. The molecule has 0 fully saturated rings. The van der Waals surface area contributed by atoms with Gasteiger partial charge in [-0.2, -0.15) is 5.10 Å². The van der Waals surface area contributed by atoms with Crippen molar-refractivity contribution in [1.29, 1.82) is 0 Å². The first-order valence-corrected chi connectivity index (χ1v) is 9.99. The zero-order chi connectivity index (χ0) is 22.2. The van der Waals surface area contributed by atoms with Crippen molar-refractivity contribution in [3.8, 4) is 0 Å². The summed E-state index contributed by atoms with van der Waals surface area (Å²) in [5.74, 6) is -0.880. The number of hydrogen-bond acceptors (Lipinski definition) is 6. The van der Waals surface area contributed by atoms with Crippen LogP contribution in [0.4, 0.5) is 5.69 Å². The fraction of sp³-hybridized carbons (Fsp3) is 0.250. The number of aromatic amines is 1. The molecule has 0 amide bonds. The van der Waals surface area contributed by atoms with Crippen LogP contribution in [0.2, 0.25) is 0 Å². The van der Waals surface area contributed by atoms with Gasteiger partial charge in [-0.3, -0.25) is 14.4 Å². The van der Waals surface area contributed by atoms with Gasteiger partial charge in [0, 0.05) is 35.3 Å². The molecule has 0 saturated heterocycles. The Kier molecular flexibility index (Phi) is 5.19. The molecular formula is C24H23N3O4. The van der Waals surface area contributed by atoms with E-state index in [1.54, 1.807) is 30.3 Å². The Morgan fingerprint density at radius 2 is 1.77 bits per heavy atom. The summed E-state index contributed by atoms with van der Waals surface area (Å²) in [7, 11) is 1.92. The van der Waals surface area contributed by atoms with E-state index in [4.69, 9.17) is 4.74 Å². The van der Waals surface area contributed by atoms with Crippen LogP contribution in [0, 0.1) is 0 Å². The maximum atomic E-state index is 12.6. The van der Waals surface area contributed by atoms with Crippen molar-refractivity contribution in [2.45, 2.75) is 25.7 Å². The summed E-state index contributed by atoms with van der Waals surface area (Å²) in [6.07, 6.45) is 1.40. The number of carbonyl (C=O) groups is 2. The van der Waals surface area contributed by atoms with E-state index in [1.807, 2.05) is 30.1 Å². The van der Waals surface area contributed by atoms with E-state index in [2.05, 4.69) is 30.1 Å². The summed E-state index contributed by atoms with van der Waals surface area (Å²) in [5, 5.41) is 7.39. The minimum absolute atomic E-state index is 0.141. The van der Waals surface area contributed by atoms with Crippen molar-refractivity contribution in [3.05, 3.63) is 81.9 Å². The molecule has 0 aliphatic carbocycles. The predicted octanol–water partition coefficient (Wildman–Crippen LogP) is 2.89. The number of hydrogen-bond donors (Lipinski definition) is 1. The maximum absolute atomic E-state index is 12.6. The minimum atomic E-state index is -0.584. The van der Waals surface area contributed by atoms with E-state index in [-0.39, 0.29) is 29.8 Å². The van der Waals surface area contributed by atoms with Gasteiger partial charge >= 0.3 is 5.97 Å². The number of nitrogens with zero attached hydrogens (tertiary/aromatic N) is 2. The van der Waals surface area contributed by atoms with Crippen LogP contribution in [-0.2, 0) is 26.2 Å². The molecule has 0 atom stereocenters. The van der Waals surface area contributed by atoms with E-state index in [0.717, 1.165) is 16.9 Å². The number of nitrogens with one attached hydrogen (secondary N) is 1. The number of likely N-dealkylation sites (N-methyl/N-ethyl adjacent to an activating group) is 1. The SMILES string of the molecule is CN1C(=CC(=O)COC(=O)Cc2n[nH]c(=O)c3ccccc23)C(C)(C)c2ccccc21. The Morgan fingerprint density at radius 3 is 2.52 bits per heavy atom. The molecular weight excluding hydrogens is 394 g/mol. The number of rotatable bonds is 5. The third kappa shape index (κ3) is 3.74. The normalized spacial score (nSPS) is 15.8. The molecule has 7 heteroatoms. The summed E-state index contributed by atoms with van der Waals surface area (Å²) < 4.78 is 5.19. The van der Waals surface area contributed by atoms with Crippen molar-refractivity contribution in [2.24, 2.45) is 0 Å². The molecule has 4 rings (SSSR count). The van der Waals surface area contributed by atoms with Gasteiger partial charge in [-0.25, -0.2) is 5.10 Å². The Balaban J connectivity index is 1.45. The van der Waals surface area contributed by atoms with Gasteiger partial charge in [-0.15, -0.1) is 0 Å². The molecule has 0 unspecified atom stereocenters. The summed E-state index contributed by atoms with van der Waals surface area (Å²) in [6, 6.07) is 14.9. The lowest BCUT2D eigenvalue weighted by molar-refractivity contribution is -0.146. The van der Waals surface area contributed by atoms with Crippen LogP contribution < -0.4 is 10.5 Å². The van der Waals surface area contributed by atoms with Crippen molar-refractivity contribution in [1.82, 2.24) is 10.2 Å². The number of fused-ring (bicyclic) bond motifs is 2. The van der Waals surface area contributed by atoms with Gasteiger partial charge < -0.3 is 9.64 Å². The largest absolute Gasteiger partial charge is 0.457 e. The average Bonchev–Trinajstić information content (AvgIpc) is 2.95. The Labute approximate surface area is 179 Å². The smallest absolute Gasteiger partial charge is 0.312 e. The molecule has 1 aliphatic rings. The maximum Gasteiger partial charge on any atom is 0.312 e. The summed E-state index contributed by atoms with van der Waals surface area (Å²) >= 11 is 0. The number of para-hydroxylation sites is 1. The number of allylic oxidation sites excluding steroid dienone is 1. The van der Waals surface area contributed by atoms with Gasteiger partial charge in [-0.1, -0.05) is 50.2 Å². The summed E-state index contributed by atoms with van der Waals surface area (Å²) in [4.78, 5) is 38.7. The molecule has 0 bridgehead atoms. The first-order chi connectivity index (χ1) is 14.8. The van der Waals surface area contributed by atoms with Crippen molar-refractivity contribution in [3.63, 3.8) is 0 Å². The van der Waals surface area contributed by atoms with Crippen LogP contribution in [0.25, 0.3) is 10.8 Å². The molecule has 1 N–H and O–H groups in total. The van der Waals surface area contributed by atoms with Crippen LogP contribution >= 0.6 is 0 Å². The highest BCUT2D eigenvalue weighted by atomic mass is 16.5. The number of ether oxygens (including phenoxy) is 1. The topological polar surface area (TPSA) is 92.4 Å². The number of carbonyl (C=O) groups excluding carboxylic acids is 2. The summed E-state index contributed by atoms with van der Waals surface area (Å²) in [6.45, 7) is 3.77. The van der Waals surface area contributed by atoms with E-state index in [9.17, 15) is 14.4 Å². The Hall–Kier alpha value is -3.74. The Bertz CT molecular complexity index is 1270. The second-order valence-electron chi connectivity index (χ2n) is 8.08. The third-order valence-corrected chi connectivity index (χ3v) is 5.70. The quantitative estimate of drug-likeness (QED) is 0.507. The van der Waals surface area contributed by atoms with Gasteiger partial charge in [0.2, 0.25) is 0 Å². The van der Waals surface area contributed by atoms with Crippen LogP contribution in [-0.4, -0.2) is 35.6 Å². The molecule has 0 spiro atoms. The molecule has 0 saturated carbocycles. The number of anilines is 1. The molecule has 3 aromatic rings. The number of ketones is 1. The van der Waals surface area contributed by atoms with Crippen molar-refractivity contribution < 1.29 is 14.3 Å². The highest BCUT2D eigenvalue weighted by Crippen LogP contribution is 2.46. The van der Waals surface area contributed by atoms with Gasteiger partial charge in [0.15, 0.2) is 12.4 Å². The molecule has 1 aromatic heterocycles. The highest BCUT2D eigenvalue weighted by Gasteiger charge is 2.38. The predicted molar refractivity (Wildman–Crippen MR) is 118 cm³/mol. The molecule has 2 heterocycles. The van der Waals surface area contributed by atoms with Crippen LogP contribution in [0.1, 0.15) is 25.1 Å². The van der Waals surface area contributed by atoms with Crippen LogP contribution in [0.15, 0.2) is 65.1 Å². The van der Waals surface area contributed by atoms with Gasteiger partial charge in [0.05, 0.1) is 17.5 Å². The zero-order valence-corrected chi connectivity index (χ0v) is 17.6. The van der Waals surface area contributed by atoms with E-state index >= 15 is 0 Å². The summed E-state index contributed by atoms with van der Waals surface area (Å²) in [5.41, 5.74) is 2.80. The molecule has 31 heavy (non-hydrogen) atoms. The lowest BCUT2D eigenvalue weighted by Gasteiger charge is -2.23. The standard InChI is InChI=1S/C24H23N3O4/c1-24(2)18-10-6-7-11-20(18)27(3)21(24)12-15(28)14-31-22(29)13-19-16-8-4-5-9-17(16)23(30)26-25-19/h4-12H,13-14H2,1-3H3,(H,26,30). The lowest BCUT2D eigenvalue weighted by Crippen LogP contribution is -2.25. The molecule has 7 nitrogen and oxygen atoms in total. The second-order valence-corrected chi connectivity index (χ2v) is 8.08. The number of benzene rings is 2. The van der Waals surface area contributed by atoms with Crippen LogP contribution in [0.3, 0.4) is 0 Å². The highest BCUT2D eigenvalue weighted by molar-refractivity contribution is 5.95. The van der Waals surface area contributed by atoms with Gasteiger partial charge in [0.25, 0.3) is 5.56 Å². The number of esters is 1. The second kappa shape index (κ2) is 7.83. The van der Waals surface area contributed by atoms with Crippen LogP contribution in [0.5, 0.6) is 0 Å². The molecule has 0 radical (unpaired) electrons. The van der Waals surface area contributed by atoms with Crippen molar-refractivity contribution >= 4 is 28.2 Å². The fourth-order valence-corrected chi connectivity index (χ4v) is 4.10. The molecule has 2 aromatic carbocycles. The van der Waals surface area contributed by atoms with E-state index < -0.39 is 5.97 Å². The first kappa shape index (κ1) is 20.5. The fourth-order valence-electron chi connectivity index (χ4n) is 4.10. The monoisotopic (exact) mass is 417 g/mol. The number of H-pyrrole nitrogens is 1. The zero-order valence-electron chi connectivity index (χ0n) is 17.6. The van der Waals surface area contributed by atoms with E-state index in [0.29, 0.717) is 16.5 Å². The third-order valence-electron chi connectivity index (χ3n) is 5.70. The first-order valence-electron chi connectivity index (χ1n) is 9.99. The van der Waals surface area contributed by atoms with Gasteiger partial charge in [0.1, 0.15) is 0 Å². The molecule has 1 aliphatic heterocycles. The lowest BCUT2D eigenvalue weighted by atomic mass is 9.83. The average molecular weight is 417 g/mol. The van der Waals surface area contributed by atoms with Gasteiger partial charge in [-0.05, 0) is 17.7 Å².